The van der Waals surface area contributed by atoms with E-state index in [1.165, 1.54) is 42.5 Å². The number of hydrogen-bond acceptors (Lipinski definition) is 5. The normalized spacial score (nSPS) is 14.2. The number of allylic oxidation sites excluding steroid dienone is 2. The Bertz CT molecular complexity index is 1040. The van der Waals surface area contributed by atoms with Gasteiger partial charge in [-0.05, 0) is 56.4 Å². The Morgan fingerprint density at radius 1 is 1.21 bits per heavy atom. The molecule has 0 saturated carbocycles. The van der Waals surface area contributed by atoms with Crippen molar-refractivity contribution in [2.24, 2.45) is 4.99 Å². The van der Waals surface area contributed by atoms with Crippen molar-refractivity contribution in [2.45, 2.75) is 38.6 Å². The number of aromatic carboxylic acids is 1. The number of aromatic nitrogens is 2. The second-order valence-corrected chi connectivity index (χ2v) is 6.62. The van der Waals surface area contributed by atoms with E-state index >= 15 is 0 Å². The third-order valence-electron chi connectivity index (χ3n) is 4.71. The van der Waals surface area contributed by atoms with E-state index in [4.69, 9.17) is 5.11 Å². The number of aliphatic imine (C=N–C) groups is 1. The number of benzene rings is 1. The van der Waals surface area contributed by atoms with Crippen molar-refractivity contribution in [3.63, 3.8) is 0 Å². The van der Waals surface area contributed by atoms with Crippen molar-refractivity contribution in [2.75, 3.05) is 0 Å². The molecular formula is C20H21N3O5. The summed E-state index contributed by atoms with van der Waals surface area (Å²) in [6.45, 7) is 0.265. The fraction of sp³-hybridized carbons (Fsp3) is 0.300. The van der Waals surface area contributed by atoms with Crippen molar-refractivity contribution in [1.29, 1.82) is 0 Å². The average molecular weight is 383 g/mol. The molecule has 8 nitrogen and oxygen atoms in total. The Morgan fingerprint density at radius 3 is 2.61 bits per heavy atom. The molecule has 146 valence electrons. The van der Waals surface area contributed by atoms with Crippen LogP contribution >= 0.6 is 0 Å². The lowest BCUT2D eigenvalue weighted by Gasteiger charge is -2.14. The molecule has 0 fully saturated rings. The van der Waals surface area contributed by atoms with Gasteiger partial charge in [0.25, 0.3) is 5.56 Å². The van der Waals surface area contributed by atoms with E-state index in [0.717, 1.165) is 23.8 Å². The average Bonchev–Trinajstić information content (AvgIpc) is 2.68. The highest BCUT2D eigenvalue weighted by atomic mass is 16.4. The first-order valence-corrected chi connectivity index (χ1v) is 9.07. The molecule has 1 heterocycles. The zero-order chi connectivity index (χ0) is 20.1. The molecule has 1 aliphatic rings. The molecule has 0 saturated heterocycles. The predicted octanol–water partition coefficient (Wildman–Crippen LogP) is 2.58. The Labute approximate surface area is 160 Å². The van der Waals surface area contributed by atoms with Gasteiger partial charge in [-0.2, -0.15) is 0 Å². The van der Waals surface area contributed by atoms with Gasteiger partial charge in [0.05, 0.1) is 11.3 Å². The molecule has 0 aliphatic heterocycles. The van der Waals surface area contributed by atoms with Crippen LogP contribution < -0.4 is 11.2 Å². The van der Waals surface area contributed by atoms with Crippen LogP contribution in [-0.2, 0) is 6.54 Å². The lowest BCUT2D eigenvalue weighted by atomic mass is 9.97. The SMILES string of the molecule is O=C(O)c1ccc(N=Cc2c(O)n(CCC3=CCCCC3)c(=O)[nH]c2=O)cc1. The van der Waals surface area contributed by atoms with Crippen LogP contribution in [0.4, 0.5) is 5.69 Å². The van der Waals surface area contributed by atoms with Gasteiger partial charge in [0.15, 0.2) is 0 Å². The summed E-state index contributed by atoms with van der Waals surface area (Å²) in [4.78, 5) is 41.3. The third-order valence-corrected chi connectivity index (χ3v) is 4.71. The van der Waals surface area contributed by atoms with Gasteiger partial charge in [0.2, 0.25) is 5.88 Å². The monoisotopic (exact) mass is 383 g/mol. The van der Waals surface area contributed by atoms with Gasteiger partial charge in [-0.25, -0.2) is 9.59 Å². The minimum Gasteiger partial charge on any atom is -0.494 e. The molecule has 3 rings (SSSR count). The van der Waals surface area contributed by atoms with E-state index < -0.39 is 23.1 Å². The van der Waals surface area contributed by atoms with Crippen molar-refractivity contribution in [3.05, 3.63) is 67.9 Å². The van der Waals surface area contributed by atoms with Crippen molar-refractivity contribution >= 4 is 17.9 Å². The van der Waals surface area contributed by atoms with E-state index in [1.54, 1.807) is 0 Å². The fourth-order valence-electron chi connectivity index (χ4n) is 3.12. The first kappa shape index (κ1) is 19.3. The smallest absolute Gasteiger partial charge is 0.335 e. The summed E-state index contributed by atoms with van der Waals surface area (Å²) >= 11 is 0. The lowest BCUT2D eigenvalue weighted by molar-refractivity contribution is 0.0697. The van der Waals surface area contributed by atoms with Crippen LogP contribution in [0.2, 0.25) is 0 Å². The van der Waals surface area contributed by atoms with Gasteiger partial charge in [0.1, 0.15) is 5.56 Å². The summed E-state index contributed by atoms with van der Waals surface area (Å²) < 4.78 is 1.13. The first-order chi connectivity index (χ1) is 13.5. The van der Waals surface area contributed by atoms with Gasteiger partial charge in [-0.3, -0.25) is 19.3 Å². The zero-order valence-corrected chi connectivity index (χ0v) is 15.2. The standard InChI is InChI=1S/C20H21N3O5/c24-17-16(12-21-15-8-6-14(7-9-15)19(26)27)18(25)23(20(28)22-17)11-10-13-4-2-1-3-5-13/h4,6-9,12,25H,1-3,5,10-11H2,(H,26,27)(H,22,24,28). The molecule has 1 aromatic carbocycles. The maximum absolute atomic E-state index is 12.1. The minimum atomic E-state index is -1.05. The Balaban J connectivity index is 1.84. The summed E-state index contributed by atoms with van der Waals surface area (Å²) in [5.74, 6) is -1.49. The molecule has 0 spiro atoms. The zero-order valence-electron chi connectivity index (χ0n) is 15.2. The Morgan fingerprint density at radius 2 is 1.96 bits per heavy atom. The topological polar surface area (TPSA) is 125 Å². The number of aromatic hydroxyl groups is 1. The first-order valence-electron chi connectivity index (χ1n) is 9.07. The third kappa shape index (κ3) is 4.46. The summed E-state index contributed by atoms with van der Waals surface area (Å²) in [7, 11) is 0. The molecule has 28 heavy (non-hydrogen) atoms. The van der Waals surface area contributed by atoms with E-state index in [2.05, 4.69) is 16.1 Å². The number of carbonyl (C=O) groups is 1. The largest absolute Gasteiger partial charge is 0.494 e. The number of carboxylic acids is 1. The molecular weight excluding hydrogens is 362 g/mol. The van der Waals surface area contributed by atoms with Gasteiger partial charge < -0.3 is 10.2 Å². The van der Waals surface area contributed by atoms with E-state index in [0.29, 0.717) is 12.1 Å². The highest BCUT2D eigenvalue weighted by molar-refractivity contribution is 5.88. The maximum Gasteiger partial charge on any atom is 0.335 e. The van der Waals surface area contributed by atoms with Crippen LogP contribution in [0, 0.1) is 0 Å². The molecule has 0 atom stereocenters. The number of nitrogens with zero attached hydrogens (tertiary/aromatic N) is 2. The summed E-state index contributed by atoms with van der Waals surface area (Å²) in [5, 5.41) is 19.3. The van der Waals surface area contributed by atoms with Crippen LogP contribution in [0.25, 0.3) is 0 Å². The van der Waals surface area contributed by atoms with Crippen LogP contribution in [0.3, 0.4) is 0 Å². The summed E-state index contributed by atoms with van der Waals surface area (Å²) in [6, 6.07) is 5.74. The molecule has 0 bridgehead atoms. The Kier molecular flexibility index (Phi) is 5.88. The lowest BCUT2D eigenvalue weighted by Crippen LogP contribution is -2.32. The molecule has 3 N–H and O–H groups in total. The second-order valence-electron chi connectivity index (χ2n) is 6.62. The molecule has 0 radical (unpaired) electrons. The number of H-pyrrole nitrogens is 1. The maximum atomic E-state index is 12.1. The quantitative estimate of drug-likeness (QED) is 0.522. The van der Waals surface area contributed by atoms with Crippen LogP contribution in [0.1, 0.15) is 48.0 Å². The second kappa shape index (κ2) is 8.51. The molecule has 0 unspecified atom stereocenters. The van der Waals surface area contributed by atoms with Crippen molar-refractivity contribution in [3.8, 4) is 5.88 Å². The molecule has 0 amide bonds. The summed E-state index contributed by atoms with van der Waals surface area (Å²) in [5.41, 5.74) is 0.250. The highest BCUT2D eigenvalue weighted by Crippen LogP contribution is 2.21. The minimum absolute atomic E-state index is 0.116. The van der Waals surface area contributed by atoms with Crippen LogP contribution in [-0.4, -0.2) is 31.9 Å². The number of nitrogens with one attached hydrogen (secondary N) is 1. The predicted molar refractivity (Wildman–Crippen MR) is 105 cm³/mol. The molecule has 1 aliphatic carbocycles. The van der Waals surface area contributed by atoms with Crippen molar-refractivity contribution < 1.29 is 15.0 Å². The van der Waals surface area contributed by atoms with E-state index in [1.807, 2.05) is 0 Å². The summed E-state index contributed by atoms with van der Waals surface area (Å²) in [6.07, 6.45) is 8.27. The number of rotatable bonds is 6. The van der Waals surface area contributed by atoms with Crippen LogP contribution in [0.15, 0.2) is 50.5 Å². The van der Waals surface area contributed by atoms with Gasteiger partial charge >= 0.3 is 11.7 Å². The molecule has 1 aromatic heterocycles. The van der Waals surface area contributed by atoms with E-state index in [-0.39, 0.29) is 17.7 Å². The van der Waals surface area contributed by atoms with Gasteiger partial charge in [0, 0.05) is 12.8 Å². The molecule has 8 heteroatoms. The highest BCUT2D eigenvalue weighted by Gasteiger charge is 2.13. The Hall–Kier alpha value is -3.42. The number of aromatic amines is 1. The van der Waals surface area contributed by atoms with Gasteiger partial charge in [-0.1, -0.05) is 11.6 Å². The van der Waals surface area contributed by atoms with E-state index in [9.17, 15) is 19.5 Å². The fourth-order valence-corrected chi connectivity index (χ4v) is 3.12. The van der Waals surface area contributed by atoms with Gasteiger partial charge in [-0.15, -0.1) is 0 Å². The van der Waals surface area contributed by atoms with Crippen LogP contribution in [0.5, 0.6) is 5.88 Å². The number of carboxylic acid groups (broad SMARTS) is 1. The van der Waals surface area contributed by atoms with Crippen molar-refractivity contribution in [1.82, 2.24) is 9.55 Å². The number of hydrogen-bond donors (Lipinski definition) is 3. The molecule has 2 aromatic rings.